The second kappa shape index (κ2) is 7.08. The molecule has 1 heterocycles. The number of nitrogens with zero attached hydrogens (tertiary/aromatic N) is 3. The Labute approximate surface area is 152 Å². The van der Waals surface area contributed by atoms with E-state index in [1.165, 1.54) is 12.1 Å². The summed E-state index contributed by atoms with van der Waals surface area (Å²) in [6.45, 7) is 1.72. The van der Waals surface area contributed by atoms with Crippen LogP contribution in [0.1, 0.15) is 18.9 Å². The Morgan fingerprint density at radius 2 is 2.04 bits per heavy atom. The maximum Gasteiger partial charge on any atom is 0.270 e. The monoisotopic (exact) mass is 379 g/mol. The zero-order valence-corrected chi connectivity index (χ0v) is 14.4. The normalized spacial score (nSPS) is 12.0. The van der Waals surface area contributed by atoms with Gasteiger partial charge in [0, 0.05) is 22.7 Å². The fourth-order valence-electron chi connectivity index (χ4n) is 2.09. The highest BCUT2D eigenvalue weighted by molar-refractivity contribution is 6.35. The summed E-state index contributed by atoms with van der Waals surface area (Å²) in [5, 5.41) is 15.6. The maximum atomic E-state index is 10.9. The van der Waals surface area contributed by atoms with Gasteiger partial charge in [-0.3, -0.25) is 10.1 Å². The summed E-state index contributed by atoms with van der Waals surface area (Å²) in [6, 6.07) is 10.8. The lowest BCUT2D eigenvalue weighted by atomic mass is 10.2. The predicted molar refractivity (Wildman–Crippen MR) is 91.9 cm³/mol. The van der Waals surface area contributed by atoms with Crippen LogP contribution in [0.3, 0.4) is 0 Å². The van der Waals surface area contributed by atoms with Crippen LogP contribution in [0.5, 0.6) is 5.75 Å². The summed E-state index contributed by atoms with van der Waals surface area (Å²) in [5.74, 6) is 0.873. The topological polar surface area (TPSA) is 91.3 Å². The Hall–Kier alpha value is -2.64. The van der Waals surface area contributed by atoms with Gasteiger partial charge in [0.25, 0.3) is 11.6 Å². The zero-order valence-electron chi connectivity index (χ0n) is 12.8. The second-order valence-electron chi connectivity index (χ2n) is 5.10. The number of nitro benzene ring substituents is 1. The highest BCUT2D eigenvalue weighted by atomic mass is 35.5. The molecule has 0 saturated carbocycles. The summed E-state index contributed by atoms with van der Waals surface area (Å²) in [4.78, 5) is 14.6. The van der Waals surface area contributed by atoms with Crippen LogP contribution in [0, 0.1) is 10.1 Å². The first-order valence-electron chi connectivity index (χ1n) is 7.14. The van der Waals surface area contributed by atoms with E-state index in [2.05, 4.69) is 10.1 Å². The number of non-ortho nitro benzene ring substituents is 1. The predicted octanol–water partition coefficient (Wildman–Crippen LogP) is 5.09. The van der Waals surface area contributed by atoms with Crippen LogP contribution in [0.2, 0.25) is 10.0 Å². The molecule has 0 unspecified atom stereocenters. The first-order chi connectivity index (χ1) is 11.9. The third-order valence-corrected chi connectivity index (χ3v) is 3.83. The number of halogens is 2. The SMILES string of the molecule is C[C@H](Oc1ccc(Cl)cc1Cl)c1nc(-c2cccc([N+](=O)[O-])c2)no1. The molecule has 1 aromatic heterocycles. The van der Waals surface area contributed by atoms with Crippen molar-refractivity contribution in [1.29, 1.82) is 0 Å². The Bertz CT molecular complexity index is 929. The summed E-state index contributed by atoms with van der Waals surface area (Å²) in [6.07, 6.45) is -0.571. The number of rotatable bonds is 5. The molecule has 0 aliphatic heterocycles. The van der Waals surface area contributed by atoms with E-state index in [1.807, 2.05) is 0 Å². The largest absolute Gasteiger partial charge is 0.479 e. The molecule has 0 amide bonds. The Morgan fingerprint density at radius 3 is 2.76 bits per heavy atom. The molecule has 25 heavy (non-hydrogen) atoms. The van der Waals surface area contributed by atoms with E-state index in [9.17, 15) is 10.1 Å². The molecule has 0 N–H and O–H groups in total. The van der Waals surface area contributed by atoms with E-state index in [4.69, 9.17) is 32.5 Å². The molecule has 0 fully saturated rings. The van der Waals surface area contributed by atoms with E-state index < -0.39 is 11.0 Å². The minimum absolute atomic E-state index is 0.0545. The van der Waals surface area contributed by atoms with Gasteiger partial charge in [-0.1, -0.05) is 40.5 Å². The van der Waals surface area contributed by atoms with Crippen molar-refractivity contribution in [2.24, 2.45) is 0 Å². The molecule has 3 aromatic rings. The number of hydrogen-bond donors (Lipinski definition) is 0. The van der Waals surface area contributed by atoms with Crippen molar-refractivity contribution in [3.8, 4) is 17.1 Å². The Kier molecular flexibility index (Phi) is 4.87. The lowest BCUT2D eigenvalue weighted by Gasteiger charge is -2.12. The van der Waals surface area contributed by atoms with Crippen LogP contribution in [0.4, 0.5) is 5.69 Å². The molecule has 0 saturated heterocycles. The number of ether oxygens (including phenoxy) is 1. The number of nitro groups is 1. The number of aromatic nitrogens is 2. The van der Waals surface area contributed by atoms with E-state index in [0.29, 0.717) is 21.4 Å². The van der Waals surface area contributed by atoms with E-state index in [0.717, 1.165) is 0 Å². The highest BCUT2D eigenvalue weighted by Crippen LogP contribution is 2.31. The van der Waals surface area contributed by atoms with Crippen molar-refractivity contribution >= 4 is 28.9 Å². The van der Waals surface area contributed by atoms with Gasteiger partial charge >= 0.3 is 0 Å². The van der Waals surface area contributed by atoms with E-state index >= 15 is 0 Å². The molecule has 0 aliphatic carbocycles. The maximum absolute atomic E-state index is 10.9. The van der Waals surface area contributed by atoms with Gasteiger partial charge in [0.05, 0.1) is 9.95 Å². The van der Waals surface area contributed by atoms with Crippen molar-refractivity contribution < 1.29 is 14.2 Å². The van der Waals surface area contributed by atoms with Gasteiger partial charge in [0.15, 0.2) is 6.10 Å². The average Bonchev–Trinajstić information content (AvgIpc) is 3.07. The van der Waals surface area contributed by atoms with E-state index in [1.54, 1.807) is 37.3 Å². The molecule has 0 radical (unpaired) electrons. The first-order valence-corrected chi connectivity index (χ1v) is 7.90. The molecule has 1 atom stereocenters. The minimum Gasteiger partial charge on any atom is -0.479 e. The second-order valence-corrected chi connectivity index (χ2v) is 5.94. The quantitative estimate of drug-likeness (QED) is 0.452. The van der Waals surface area contributed by atoms with Crippen LogP contribution < -0.4 is 4.74 Å². The molecule has 0 aliphatic rings. The third kappa shape index (κ3) is 3.89. The zero-order chi connectivity index (χ0) is 18.0. The van der Waals surface area contributed by atoms with Crippen LogP contribution in [-0.4, -0.2) is 15.1 Å². The van der Waals surface area contributed by atoms with Gasteiger partial charge in [0.2, 0.25) is 5.82 Å². The van der Waals surface area contributed by atoms with Crippen LogP contribution in [-0.2, 0) is 0 Å². The number of hydrogen-bond acceptors (Lipinski definition) is 6. The van der Waals surface area contributed by atoms with Gasteiger partial charge in [-0.05, 0) is 25.1 Å². The molecule has 7 nitrogen and oxygen atoms in total. The smallest absolute Gasteiger partial charge is 0.270 e. The fraction of sp³-hybridized carbons (Fsp3) is 0.125. The van der Waals surface area contributed by atoms with Gasteiger partial charge < -0.3 is 9.26 Å². The molecule has 9 heteroatoms. The summed E-state index contributed by atoms with van der Waals surface area (Å²) >= 11 is 11.9. The van der Waals surface area contributed by atoms with Crippen LogP contribution in [0.25, 0.3) is 11.4 Å². The highest BCUT2D eigenvalue weighted by Gasteiger charge is 2.19. The molecule has 128 valence electrons. The third-order valence-electron chi connectivity index (χ3n) is 3.30. The molecular formula is C16H11Cl2N3O4. The van der Waals surface area contributed by atoms with Crippen LogP contribution in [0.15, 0.2) is 47.0 Å². The lowest BCUT2D eigenvalue weighted by Crippen LogP contribution is -2.03. The summed E-state index contributed by atoms with van der Waals surface area (Å²) in [7, 11) is 0. The standard InChI is InChI=1S/C16H11Cl2N3O4/c1-9(24-14-6-5-11(17)8-13(14)18)16-19-15(20-25-16)10-3-2-4-12(7-10)21(22)23/h2-9H,1H3/t9-/m0/s1. The molecule has 2 aromatic carbocycles. The molecule has 0 bridgehead atoms. The van der Waals surface area contributed by atoms with Crippen molar-refractivity contribution in [3.05, 3.63) is 68.5 Å². The Balaban J connectivity index is 1.81. The average molecular weight is 380 g/mol. The fourth-order valence-corrected chi connectivity index (χ4v) is 2.54. The van der Waals surface area contributed by atoms with Crippen molar-refractivity contribution in [2.45, 2.75) is 13.0 Å². The lowest BCUT2D eigenvalue weighted by molar-refractivity contribution is -0.384. The van der Waals surface area contributed by atoms with E-state index in [-0.39, 0.29) is 17.4 Å². The molecule has 3 rings (SSSR count). The molecule has 0 spiro atoms. The van der Waals surface area contributed by atoms with Crippen molar-refractivity contribution in [2.75, 3.05) is 0 Å². The minimum atomic E-state index is -0.571. The first kappa shape index (κ1) is 17.2. The molecular weight excluding hydrogens is 369 g/mol. The summed E-state index contributed by atoms with van der Waals surface area (Å²) < 4.78 is 10.9. The Morgan fingerprint density at radius 1 is 1.24 bits per heavy atom. The van der Waals surface area contributed by atoms with Gasteiger partial charge in [0.1, 0.15) is 5.75 Å². The number of benzene rings is 2. The van der Waals surface area contributed by atoms with Gasteiger partial charge in [-0.25, -0.2) is 0 Å². The van der Waals surface area contributed by atoms with Crippen molar-refractivity contribution in [3.63, 3.8) is 0 Å². The summed E-state index contributed by atoms with van der Waals surface area (Å²) in [5.41, 5.74) is 0.419. The van der Waals surface area contributed by atoms with Crippen molar-refractivity contribution in [1.82, 2.24) is 10.1 Å². The van der Waals surface area contributed by atoms with Gasteiger partial charge in [-0.15, -0.1) is 0 Å². The van der Waals surface area contributed by atoms with Gasteiger partial charge in [-0.2, -0.15) is 4.98 Å². The van der Waals surface area contributed by atoms with Crippen LogP contribution >= 0.6 is 23.2 Å².